The number of hydrogen-bond acceptors (Lipinski definition) is 4. The summed E-state index contributed by atoms with van der Waals surface area (Å²) in [6, 6.07) is 7.77. The fourth-order valence-electron chi connectivity index (χ4n) is 2.25. The van der Waals surface area contributed by atoms with Gasteiger partial charge in [-0.2, -0.15) is 8.42 Å². The number of nitrogens with one attached hydrogen (secondary N) is 1. The number of benzene rings is 1. The van der Waals surface area contributed by atoms with Gasteiger partial charge in [0.1, 0.15) is 5.25 Å². The standard InChI is InChI=1S/C12H16BrNO3S/c1-2-17-18(15,16)12-8-14-7-11(12)9-3-5-10(13)6-4-9/h3-6,11-12,14H,2,7-8H2,1H3. The molecule has 0 radical (unpaired) electrons. The average Bonchev–Trinajstić information content (AvgIpc) is 2.79. The lowest BCUT2D eigenvalue weighted by atomic mass is 9.98. The second-order valence-electron chi connectivity index (χ2n) is 4.25. The van der Waals surface area contributed by atoms with Gasteiger partial charge >= 0.3 is 0 Å². The van der Waals surface area contributed by atoms with Gasteiger partial charge in [-0.05, 0) is 24.6 Å². The lowest BCUT2D eigenvalue weighted by Crippen LogP contribution is -2.30. The fourth-order valence-corrected chi connectivity index (χ4v) is 4.00. The van der Waals surface area contributed by atoms with Gasteiger partial charge in [-0.1, -0.05) is 28.1 Å². The second-order valence-corrected chi connectivity index (χ2v) is 7.00. The zero-order chi connectivity index (χ0) is 13.2. The van der Waals surface area contributed by atoms with E-state index in [1.165, 1.54) is 0 Å². The van der Waals surface area contributed by atoms with Crippen molar-refractivity contribution in [1.29, 1.82) is 0 Å². The predicted octanol–water partition coefficient (Wildman–Crippen LogP) is 1.87. The van der Waals surface area contributed by atoms with Crippen LogP contribution >= 0.6 is 15.9 Å². The van der Waals surface area contributed by atoms with Crippen LogP contribution in [0.3, 0.4) is 0 Å². The molecule has 0 spiro atoms. The maximum Gasteiger partial charge on any atom is 0.272 e. The van der Waals surface area contributed by atoms with E-state index in [-0.39, 0.29) is 12.5 Å². The Balaban J connectivity index is 2.25. The van der Waals surface area contributed by atoms with Crippen molar-refractivity contribution in [3.63, 3.8) is 0 Å². The van der Waals surface area contributed by atoms with Crippen LogP contribution in [-0.2, 0) is 14.3 Å². The lowest BCUT2D eigenvalue weighted by Gasteiger charge is -2.18. The smallest absolute Gasteiger partial charge is 0.272 e. The van der Waals surface area contributed by atoms with Gasteiger partial charge in [0.2, 0.25) is 0 Å². The molecule has 100 valence electrons. The van der Waals surface area contributed by atoms with Crippen molar-refractivity contribution in [3.05, 3.63) is 34.3 Å². The minimum Gasteiger partial charge on any atom is -0.315 e. The van der Waals surface area contributed by atoms with Crippen molar-refractivity contribution >= 4 is 26.0 Å². The summed E-state index contributed by atoms with van der Waals surface area (Å²) in [6.07, 6.45) is 0. The van der Waals surface area contributed by atoms with E-state index in [4.69, 9.17) is 4.18 Å². The summed E-state index contributed by atoms with van der Waals surface area (Å²) in [5.74, 6) is -0.0466. The summed E-state index contributed by atoms with van der Waals surface area (Å²) >= 11 is 3.37. The van der Waals surface area contributed by atoms with Crippen LogP contribution in [0.15, 0.2) is 28.7 Å². The highest BCUT2D eigenvalue weighted by molar-refractivity contribution is 9.10. The van der Waals surface area contributed by atoms with E-state index in [1.807, 2.05) is 24.3 Å². The van der Waals surface area contributed by atoms with Crippen molar-refractivity contribution in [2.24, 2.45) is 0 Å². The molecule has 1 heterocycles. The fraction of sp³-hybridized carbons (Fsp3) is 0.500. The van der Waals surface area contributed by atoms with Gasteiger partial charge in [0.05, 0.1) is 6.61 Å². The molecular formula is C12H16BrNO3S. The van der Waals surface area contributed by atoms with E-state index in [2.05, 4.69) is 21.2 Å². The quantitative estimate of drug-likeness (QED) is 0.854. The first-order chi connectivity index (χ1) is 8.54. The van der Waals surface area contributed by atoms with E-state index >= 15 is 0 Å². The molecule has 2 atom stereocenters. The largest absolute Gasteiger partial charge is 0.315 e. The molecular weight excluding hydrogens is 318 g/mol. The maximum atomic E-state index is 12.0. The topological polar surface area (TPSA) is 55.4 Å². The van der Waals surface area contributed by atoms with Crippen molar-refractivity contribution in [1.82, 2.24) is 5.32 Å². The molecule has 1 aromatic carbocycles. The summed E-state index contributed by atoms with van der Waals surface area (Å²) in [4.78, 5) is 0. The van der Waals surface area contributed by atoms with Gasteiger partial charge in [-0.3, -0.25) is 4.18 Å². The van der Waals surface area contributed by atoms with Crippen LogP contribution in [0.2, 0.25) is 0 Å². The second kappa shape index (κ2) is 5.69. The molecule has 2 unspecified atom stereocenters. The van der Waals surface area contributed by atoms with E-state index in [1.54, 1.807) is 6.92 Å². The predicted molar refractivity (Wildman–Crippen MR) is 74.1 cm³/mol. The molecule has 2 rings (SSSR count). The van der Waals surface area contributed by atoms with Crippen LogP contribution in [0.1, 0.15) is 18.4 Å². The number of hydrogen-bond donors (Lipinski definition) is 1. The highest BCUT2D eigenvalue weighted by Gasteiger charge is 2.38. The molecule has 6 heteroatoms. The summed E-state index contributed by atoms with van der Waals surface area (Å²) in [7, 11) is -3.49. The van der Waals surface area contributed by atoms with Crippen LogP contribution in [-0.4, -0.2) is 33.4 Å². The molecule has 1 aliphatic heterocycles. The van der Waals surface area contributed by atoms with Gasteiger partial charge in [0.15, 0.2) is 0 Å². The molecule has 0 bridgehead atoms. The molecule has 0 saturated carbocycles. The van der Waals surface area contributed by atoms with Gasteiger partial charge in [-0.25, -0.2) is 0 Å². The molecule has 1 aromatic rings. The van der Waals surface area contributed by atoms with Crippen molar-refractivity contribution in [2.45, 2.75) is 18.1 Å². The minimum atomic E-state index is -3.49. The molecule has 1 saturated heterocycles. The monoisotopic (exact) mass is 333 g/mol. The van der Waals surface area contributed by atoms with Gasteiger partial charge in [0.25, 0.3) is 10.1 Å². The Bertz CT molecular complexity index is 501. The zero-order valence-electron chi connectivity index (χ0n) is 10.1. The normalized spacial score (nSPS) is 24.3. The third-order valence-electron chi connectivity index (χ3n) is 3.11. The van der Waals surface area contributed by atoms with E-state index in [0.29, 0.717) is 13.1 Å². The first-order valence-corrected chi connectivity index (χ1v) is 8.15. The molecule has 1 fully saturated rings. The van der Waals surface area contributed by atoms with Gasteiger partial charge in [-0.15, -0.1) is 0 Å². The molecule has 1 N–H and O–H groups in total. The Morgan fingerprint density at radius 2 is 2.00 bits per heavy atom. The summed E-state index contributed by atoms with van der Waals surface area (Å²) in [5, 5.41) is 2.63. The maximum absolute atomic E-state index is 12.0. The molecule has 18 heavy (non-hydrogen) atoms. The third kappa shape index (κ3) is 2.93. The SMILES string of the molecule is CCOS(=O)(=O)C1CNCC1c1ccc(Br)cc1. The van der Waals surface area contributed by atoms with Crippen LogP contribution in [0.5, 0.6) is 0 Å². The van der Waals surface area contributed by atoms with Crippen molar-refractivity contribution in [2.75, 3.05) is 19.7 Å². The summed E-state index contributed by atoms with van der Waals surface area (Å²) < 4.78 is 29.9. The molecule has 0 amide bonds. The first kappa shape index (κ1) is 14.0. The molecule has 0 aliphatic carbocycles. The number of rotatable bonds is 4. The highest BCUT2D eigenvalue weighted by Crippen LogP contribution is 2.29. The third-order valence-corrected chi connectivity index (χ3v) is 5.44. The Morgan fingerprint density at radius 3 is 2.61 bits per heavy atom. The summed E-state index contributed by atoms with van der Waals surface area (Å²) in [5.41, 5.74) is 1.02. The molecule has 1 aliphatic rings. The van der Waals surface area contributed by atoms with E-state index in [9.17, 15) is 8.42 Å². The van der Waals surface area contributed by atoms with Gasteiger partial charge < -0.3 is 5.32 Å². The molecule has 4 nitrogen and oxygen atoms in total. The van der Waals surface area contributed by atoms with Crippen LogP contribution in [0, 0.1) is 0 Å². The van der Waals surface area contributed by atoms with Crippen LogP contribution in [0.4, 0.5) is 0 Å². The van der Waals surface area contributed by atoms with E-state index in [0.717, 1.165) is 10.0 Å². The summed E-state index contributed by atoms with van der Waals surface area (Å²) in [6.45, 7) is 2.99. The Labute approximate surface area is 116 Å². The lowest BCUT2D eigenvalue weighted by molar-refractivity contribution is 0.330. The highest BCUT2D eigenvalue weighted by atomic mass is 79.9. The zero-order valence-corrected chi connectivity index (χ0v) is 12.5. The van der Waals surface area contributed by atoms with Crippen LogP contribution in [0.25, 0.3) is 0 Å². The number of halogens is 1. The first-order valence-electron chi connectivity index (χ1n) is 5.89. The Morgan fingerprint density at radius 1 is 1.33 bits per heavy atom. The van der Waals surface area contributed by atoms with Crippen LogP contribution < -0.4 is 5.32 Å². The van der Waals surface area contributed by atoms with Gasteiger partial charge in [0, 0.05) is 23.5 Å². The Hall–Kier alpha value is -0.430. The Kier molecular flexibility index (Phi) is 4.42. The average molecular weight is 334 g/mol. The van der Waals surface area contributed by atoms with Crippen molar-refractivity contribution < 1.29 is 12.6 Å². The minimum absolute atomic E-state index is 0.0466. The molecule has 0 aromatic heterocycles. The van der Waals surface area contributed by atoms with Crippen molar-refractivity contribution in [3.8, 4) is 0 Å². The van der Waals surface area contributed by atoms with E-state index < -0.39 is 15.4 Å².